The number of hydrogen-bond donors (Lipinski definition) is 0. The molecule has 66 valence electrons. The van der Waals surface area contributed by atoms with Gasteiger partial charge in [0.1, 0.15) is 10.6 Å². The zero-order valence-electron chi connectivity index (χ0n) is 7.00. The van der Waals surface area contributed by atoms with E-state index in [1.54, 1.807) is 12.3 Å². The lowest BCUT2D eigenvalue weighted by molar-refractivity contribution is 0.326. The molecule has 0 saturated heterocycles. The third-order valence-electron chi connectivity index (χ3n) is 1.33. The molecule has 0 aliphatic rings. The average Bonchev–Trinajstić information content (AvgIpc) is 2.05. The van der Waals surface area contributed by atoms with Crippen molar-refractivity contribution in [2.45, 2.75) is 11.8 Å². The van der Waals surface area contributed by atoms with Gasteiger partial charge >= 0.3 is 0 Å². The van der Waals surface area contributed by atoms with Gasteiger partial charge in [0.15, 0.2) is 0 Å². The van der Waals surface area contributed by atoms with Crippen LogP contribution in [0.25, 0.3) is 0 Å². The molecule has 0 N–H and O–H groups in total. The first kappa shape index (κ1) is 9.32. The number of thioether (sulfide) groups is 1. The molecule has 0 atom stereocenters. The summed E-state index contributed by atoms with van der Waals surface area (Å²) in [5.41, 5.74) is 0. The Morgan fingerprint density at radius 1 is 1.67 bits per heavy atom. The summed E-state index contributed by atoms with van der Waals surface area (Å²) in [5.74, 6) is 0.103. The van der Waals surface area contributed by atoms with Gasteiger partial charge in [-0.05, 0) is 19.2 Å². The summed E-state index contributed by atoms with van der Waals surface area (Å²) in [5, 5.41) is 0. The minimum atomic E-state index is -0.464. The molecule has 0 bridgehead atoms. The van der Waals surface area contributed by atoms with Crippen LogP contribution in [0.5, 0.6) is 5.75 Å². The number of nitrogens with zero attached hydrogens (tertiary/aromatic N) is 1. The van der Waals surface area contributed by atoms with Crippen LogP contribution >= 0.6 is 11.8 Å². The van der Waals surface area contributed by atoms with Crippen molar-refractivity contribution in [3.63, 3.8) is 0 Å². The second kappa shape index (κ2) is 4.30. The second-order valence-corrected chi connectivity index (χ2v) is 2.88. The Balaban J connectivity index is 3.00. The van der Waals surface area contributed by atoms with Crippen molar-refractivity contribution < 1.29 is 9.13 Å². The van der Waals surface area contributed by atoms with Gasteiger partial charge < -0.3 is 4.74 Å². The molecule has 1 rings (SSSR count). The molecule has 1 aromatic rings. The second-order valence-electron chi connectivity index (χ2n) is 2.07. The topological polar surface area (TPSA) is 22.1 Å². The summed E-state index contributed by atoms with van der Waals surface area (Å²) in [6, 6.07) is 1.67. The third kappa shape index (κ3) is 1.88. The van der Waals surface area contributed by atoms with Gasteiger partial charge in [-0.25, -0.2) is 4.98 Å². The van der Waals surface area contributed by atoms with Gasteiger partial charge in [0.05, 0.1) is 6.61 Å². The molecule has 1 aromatic heterocycles. The van der Waals surface area contributed by atoms with Crippen LogP contribution in [0.4, 0.5) is 4.39 Å². The summed E-state index contributed by atoms with van der Waals surface area (Å²) in [6.45, 7) is 2.40. The van der Waals surface area contributed by atoms with E-state index in [9.17, 15) is 4.39 Å². The quantitative estimate of drug-likeness (QED) is 0.535. The van der Waals surface area contributed by atoms with Crippen molar-refractivity contribution in [1.82, 2.24) is 4.98 Å². The first-order valence-electron chi connectivity index (χ1n) is 3.61. The van der Waals surface area contributed by atoms with Crippen molar-refractivity contribution in [3.8, 4) is 5.75 Å². The van der Waals surface area contributed by atoms with E-state index in [-0.39, 0.29) is 0 Å². The van der Waals surface area contributed by atoms with E-state index in [4.69, 9.17) is 4.74 Å². The Morgan fingerprint density at radius 3 is 3.00 bits per heavy atom. The molecule has 0 amide bonds. The monoisotopic (exact) mass is 187 g/mol. The van der Waals surface area contributed by atoms with Crippen LogP contribution in [-0.4, -0.2) is 17.8 Å². The Labute approximate surface area is 75.1 Å². The van der Waals surface area contributed by atoms with Crippen LogP contribution in [0.2, 0.25) is 0 Å². The van der Waals surface area contributed by atoms with Crippen LogP contribution in [0, 0.1) is 5.95 Å². The van der Waals surface area contributed by atoms with E-state index in [0.717, 1.165) is 0 Å². The van der Waals surface area contributed by atoms with E-state index in [2.05, 4.69) is 4.98 Å². The minimum absolute atomic E-state index is 0.464. The van der Waals surface area contributed by atoms with Crippen LogP contribution in [0.1, 0.15) is 6.92 Å². The van der Waals surface area contributed by atoms with Gasteiger partial charge in [0.25, 0.3) is 0 Å². The minimum Gasteiger partial charge on any atom is -0.492 e. The van der Waals surface area contributed by atoms with Gasteiger partial charge in [-0.15, -0.1) is 11.8 Å². The smallest absolute Gasteiger partial charge is 0.230 e. The largest absolute Gasteiger partial charge is 0.492 e. The summed E-state index contributed by atoms with van der Waals surface area (Å²) < 4.78 is 18.2. The maximum Gasteiger partial charge on any atom is 0.230 e. The maximum absolute atomic E-state index is 13.0. The fraction of sp³-hybridized carbons (Fsp3) is 0.375. The Bertz CT molecular complexity index is 267. The fourth-order valence-corrected chi connectivity index (χ4v) is 1.41. The average molecular weight is 187 g/mol. The highest BCUT2D eigenvalue weighted by Crippen LogP contribution is 2.28. The summed E-state index contributed by atoms with van der Waals surface area (Å²) in [4.78, 5) is 4.00. The molecular weight excluding hydrogens is 177 g/mol. The van der Waals surface area contributed by atoms with Gasteiger partial charge in [-0.1, -0.05) is 0 Å². The first-order valence-corrected chi connectivity index (χ1v) is 4.83. The first-order chi connectivity index (χ1) is 5.79. The lowest BCUT2D eigenvalue weighted by Crippen LogP contribution is -1.96. The Kier molecular flexibility index (Phi) is 3.34. The molecule has 0 aliphatic carbocycles. The van der Waals surface area contributed by atoms with Crippen LogP contribution in [-0.2, 0) is 0 Å². The Hall–Kier alpha value is -0.770. The molecular formula is C8H10FNOS. The molecule has 12 heavy (non-hydrogen) atoms. The lowest BCUT2D eigenvalue weighted by Gasteiger charge is -2.06. The molecule has 0 fully saturated rings. The predicted molar refractivity (Wildman–Crippen MR) is 47.1 cm³/mol. The molecule has 1 heterocycles. The van der Waals surface area contributed by atoms with Crippen molar-refractivity contribution in [2.24, 2.45) is 0 Å². The molecule has 0 spiro atoms. The number of hydrogen-bond acceptors (Lipinski definition) is 3. The SMILES string of the molecule is CCOc1ccnc(F)c1SC. The predicted octanol–water partition coefficient (Wildman–Crippen LogP) is 2.34. The van der Waals surface area contributed by atoms with Crippen molar-refractivity contribution in [1.29, 1.82) is 0 Å². The van der Waals surface area contributed by atoms with E-state index in [0.29, 0.717) is 17.3 Å². The molecule has 0 saturated carbocycles. The highest BCUT2D eigenvalue weighted by molar-refractivity contribution is 7.98. The normalized spacial score (nSPS) is 9.92. The van der Waals surface area contributed by atoms with Gasteiger partial charge in [0.2, 0.25) is 5.95 Å². The van der Waals surface area contributed by atoms with Gasteiger partial charge in [-0.2, -0.15) is 4.39 Å². The number of rotatable bonds is 3. The van der Waals surface area contributed by atoms with Crippen molar-refractivity contribution in [3.05, 3.63) is 18.2 Å². The fourth-order valence-electron chi connectivity index (χ4n) is 0.860. The third-order valence-corrected chi connectivity index (χ3v) is 2.11. The Morgan fingerprint density at radius 2 is 2.42 bits per heavy atom. The zero-order valence-corrected chi connectivity index (χ0v) is 7.82. The number of aromatic nitrogens is 1. The van der Waals surface area contributed by atoms with E-state index in [1.807, 2.05) is 6.92 Å². The standard InChI is InChI=1S/C8H10FNOS/c1-3-11-6-4-5-10-8(9)7(6)12-2/h4-5H,3H2,1-2H3. The molecule has 0 aromatic carbocycles. The van der Waals surface area contributed by atoms with E-state index in [1.165, 1.54) is 18.0 Å². The van der Waals surface area contributed by atoms with E-state index < -0.39 is 5.95 Å². The highest BCUT2D eigenvalue weighted by Gasteiger charge is 2.08. The van der Waals surface area contributed by atoms with Crippen molar-refractivity contribution in [2.75, 3.05) is 12.9 Å². The highest BCUT2D eigenvalue weighted by atomic mass is 32.2. The molecule has 0 radical (unpaired) electrons. The molecule has 4 heteroatoms. The van der Waals surface area contributed by atoms with Crippen LogP contribution in [0.3, 0.4) is 0 Å². The maximum atomic E-state index is 13.0. The molecule has 2 nitrogen and oxygen atoms in total. The zero-order chi connectivity index (χ0) is 8.97. The number of ether oxygens (including phenoxy) is 1. The molecule has 0 aliphatic heterocycles. The lowest BCUT2D eigenvalue weighted by atomic mass is 10.4. The molecule has 0 unspecified atom stereocenters. The summed E-state index contributed by atoms with van der Waals surface area (Å²) >= 11 is 1.30. The van der Waals surface area contributed by atoms with Gasteiger partial charge in [0, 0.05) is 6.20 Å². The van der Waals surface area contributed by atoms with Crippen molar-refractivity contribution >= 4 is 11.8 Å². The van der Waals surface area contributed by atoms with E-state index >= 15 is 0 Å². The van der Waals surface area contributed by atoms with Gasteiger partial charge in [-0.3, -0.25) is 0 Å². The van der Waals surface area contributed by atoms with Crippen LogP contribution in [0.15, 0.2) is 17.2 Å². The number of halogens is 1. The van der Waals surface area contributed by atoms with Crippen LogP contribution < -0.4 is 4.74 Å². The summed E-state index contributed by atoms with van der Waals surface area (Å²) in [6.07, 6.45) is 3.20. The summed E-state index contributed by atoms with van der Waals surface area (Å²) in [7, 11) is 0. The number of pyridine rings is 1.